The second-order valence-electron chi connectivity index (χ2n) is 5.77. The van der Waals surface area contributed by atoms with Gasteiger partial charge in [-0.25, -0.2) is 0 Å². The van der Waals surface area contributed by atoms with Gasteiger partial charge in [-0.1, -0.05) is 34.6 Å². The van der Waals surface area contributed by atoms with Crippen molar-refractivity contribution in [3.05, 3.63) is 0 Å². The molecule has 0 saturated carbocycles. The van der Waals surface area contributed by atoms with Crippen LogP contribution in [0.2, 0.25) is 5.54 Å². The summed E-state index contributed by atoms with van der Waals surface area (Å²) >= 11 is 0. The molecule has 3 nitrogen and oxygen atoms in total. The van der Waals surface area contributed by atoms with E-state index < -0.39 is 8.80 Å². The predicted octanol–water partition coefficient (Wildman–Crippen LogP) is 4.78. The first-order valence-corrected chi connectivity index (χ1v) is 9.64. The molecule has 0 fully saturated rings. The summed E-state index contributed by atoms with van der Waals surface area (Å²) in [5, 5.41) is 0. The summed E-state index contributed by atoms with van der Waals surface area (Å²) < 4.78 is 18.9. The van der Waals surface area contributed by atoms with Crippen LogP contribution in [-0.4, -0.2) is 27.1 Å². The average Bonchev–Trinajstić information content (AvgIpc) is 2.37. The van der Waals surface area contributed by atoms with E-state index in [-0.39, 0.29) is 23.9 Å². The number of hydrogen-bond donors (Lipinski definition) is 0. The summed E-state index contributed by atoms with van der Waals surface area (Å²) in [5.74, 6) is 0. The molecule has 3 atom stereocenters. The zero-order chi connectivity index (χ0) is 15.1. The zero-order valence-electron chi connectivity index (χ0n) is 14.2. The normalized spacial score (nSPS) is 20.1. The Bertz CT molecular complexity index is 202. The fraction of sp³-hybridized carbons (Fsp3) is 1.00. The molecule has 0 bridgehead atoms. The second-order valence-corrected chi connectivity index (χ2v) is 8.84. The second kappa shape index (κ2) is 9.11. The summed E-state index contributed by atoms with van der Waals surface area (Å²) in [6.07, 6.45) is 3.49. The van der Waals surface area contributed by atoms with Crippen LogP contribution in [-0.2, 0) is 13.3 Å². The van der Waals surface area contributed by atoms with Crippen LogP contribution in [0.5, 0.6) is 0 Å². The third-order valence-electron chi connectivity index (χ3n) is 3.53. The van der Waals surface area contributed by atoms with E-state index in [0.29, 0.717) is 0 Å². The fourth-order valence-corrected chi connectivity index (χ4v) is 4.75. The van der Waals surface area contributed by atoms with Crippen molar-refractivity contribution in [3.8, 4) is 0 Å². The lowest BCUT2D eigenvalue weighted by Gasteiger charge is -2.38. The highest BCUT2D eigenvalue weighted by atomic mass is 28.4. The van der Waals surface area contributed by atoms with E-state index in [1.54, 1.807) is 0 Å². The lowest BCUT2D eigenvalue weighted by atomic mass is 10.3. The molecule has 116 valence electrons. The van der Waals surface area contributed by atoms with Gasteiger partial charge in [-0.05, 0) is 40.0 Å². The summed E-state index contributed by atoms with van der Waals surface area (Å²) in [6.45, 7) is 17.0. The topological polar surface area (TPSA) is 27.7 Å². The molecule has 0 spiro atoms. The number of hydrogen-bond acceptors (Lipinski definition) is 3. The molecule has 0 aromatic heterocycles. The van der Waals surface area contributed by atoms with E-state index >= 15 is 0 Å². The van der Waals surface area contributed by atoms with Crippen LogP contribution in [0.1, 0.15) is 74.7 Å². The van der Waals surface area contributed by atoms with Gasteiger partial charge >= 0.3 is 8.80 Å². The maximum atomic E-state index is 6.29. The van der Waals surface area contributed by atoms with E-state index in [1.807, 2.05) is 0 Å². The van der Waals surface area contributed by atoms with E-state index in [0.717, 1.165) is 19.3 Å². The third kappa shape index (κ3) is 6.39. The largest absolute Gasteiger partial charge is 0.504 e. The zero-order valence-corrected chi connectivity index (χ0v) is 15.2. The quantitative estimate of drug-likeness (QED) is 0.542. The van der Waals surface area contributed by atoms with Crippen molar-refractivity contribution in [2.24, 2.45) is 0 Å². The molecule has 0 heterocycles. The van der Waals surface area contributed by atoms with Gasteiger partial charge in [0, 0.05) is 23.9 Å². The Balaban J connectivity index is 5.09. The molecular formula is C15H34O3Si. The molecule has 19 heavy (non-hydrogen) atoms. The molecule has 0 aliphatic heterocycles. The molecule has 0 aliphatic rings. The van der Waals surface area contributed by atoms with Gasteiger partial charge in [-0.15, -0.1) is 0 Å². The van der Waals surface area contributed by atoms with E-state index in [4.69, 9.17) is 13.3 Å². The fourth-order valence-electron chi connectivity index (χ4n) is 1.58. The van der Waals surface area contributed by atoms with Gasteiger partial charge in [0.2, 0.25) is 0 Å². The maximum absolute atomic E-state index is 6.29. The van der Waals surface area contributed by atoms with E-state index in [2.05, 4.69) is 55.4 Å². The SMILES string of the molecule is CCC(C)O[Si](OC(C)CC)(OC(C)CC)C(C)C. The van der Waals surface area contributed by atoms with Crippen LogP contribution in [0.3, 0.4) is 0 Å². The van der Waals surface area contributed by atoms with Gasteiger partial charge < -0.3 is 13.3 Å². The highest BCUT2D eigenvalue weighted by molar-refractivity contribution is 6.62. The molecule has 0 rings (SSSR count). The summed E-state index contributed by atoms with van der Waals surface area (Å²) in [6, 6.07) is 0. The van der Waals surface area contributed by atoms with Gasteiger partial charge in [-0.3, -0.25) is 0 Å². The lowest BCUT2D eigenvalue weighted by molar-refractivity contribution is -0.0162. The molecule has 0 aliphatic carbocycles. The van der Waals surface area contributed by atoms with Gasteiger partial charge in [-0.2, -0.15) is 0 Å². The van der Waals surface area contributed by atoms with Crippen molar-refractivity contribution >= 4 is 8.80 Å². The molecule has 0 aromatic carbocycles. The Morgan fingerprint density at radius 3 is 1.05 bits per heavy atom. The summed E-state index contributed by atoms with van der Waals surface area (Å²) in [5.41, 5.74) is 0.282. The third-order valence-corrected chi connectivity index (χ3v) is 7.14. The van der Waals surface area contributed by atoms with Gasteiger partial charge in [0.1, 0.15) is 0 Å². The molecule has 0 amide bonds. The minimum atomic E-state index is -2.63. The standard InChI is InChI=1S/C15H34O3Si/c1-9-13(6)16-19(12(4)5,17-14(7)10-2)18-15(8)11-3/h12-15H,9-11H2,1-8H3. The van der Waals surface area contributed by atoms with Gasteiger partial charge in [0.15, 0.2) is 0 Å². The Kier molecular flexibility index (Phi) is 9.16. The van der Waals surface area contributed by atoms with Gasteiger partial charge in [0.25, 0.3) is 0 Å². The van der Waals surface area contributed by atoms with Crippen molar-refractivity contribution < 1.29 is 13.3 Å². The van der Waals surface area contributed by atoms with Crippen molar-refractivity contribution in [2.45, 2.75) is 98.5 Å². The van der Waals surface area contributed by atoms with Crippen molar-refractivity contribution in [3.63, 3.8) is 0 Å². The van der Waals surface area contributed by atoms with Crippen molar-refractivity contribution in [1.82, 2.24) is 0 Å². The minimum absolute atomic E-state index is 0.183. The molecule has 0 radical (unpaired) electrons. The van der Waals surface area contributed by atoms with Crippen molar-refractivity contribution in [1.29, 1.82) is 0 Å². The first-order chi connectivity index (χ1) is 8.81. The Morgan fingerprint density at radius 1 is 0.632 bits per heavy atom. The highest BCUT2D eigenvalue weighted by Gasteiger charge is 2.48. The predicted molar refractivity (Wildman–Crippen MR) is 83.4 cm³/mol. The molecule has 0 aromatic rings. The summed E-state index contributed by atoms with van der Waals surface area (Å²) in [4.78, 5) is 0. The molecule has 3 unspecified atom stereocenters. The van der Waals surface area contributed by atoms with Crippen LogP contribution in [0.25, 0.3) is 0 Å². The maximum Gasteiger partial charge on any atom is 0.504 e. The van der Waals surface area contributed by atoms with Crippen molar-refractivity contribution in [2.75, 3.05) is 0 Å². The minimum Gasteiger partial charge on any atom is -0.371 e. The first kappa shape index (κ1) is 19.1. The van der Waals surface area contributed by atoms with Crippen LogP contribution in [0.4, 0.5) is 0 Å². The lowest BCUT2D eigenvalue weighted by Crippen LogP contribution is -2.53. The van der Waals surface area contributed by atoms with Crippen LogP contribution in [0, 0.1) is 0 Å². The van der Waals surface area contributed by atoms with E-state index in [1.165, 1.54) is 0 Å². The summed E-state index contributed by atoms with van der Waals surface area (Å²) in [7, 11) is -2.63. The molecular weight excluding hydrogens is 256 g/mol. The average molecular weight is 291 g/mol. The highest BCUT2D eigenvalue weighted by Crippen LogP contribution is 2.30. The van der Waals surface area contributed by atoms with E-state index in [9.17, 15) is 0 Å². The molecule has 0 saturated heterocycles. The molecule has 4 heteroatoms. The smallest absolute Gasteiger partial charge is 0.371 e. The Labute approximate surface area is 121 Å². The van der Waals surface area contributed by atoms with Gasteiger partial charge in [0.05, 0.1) is 0 Å². The monoisotopic (exact) mass is 290 g/mol. The Morgan fingerprint density at radius 2 is 0.895 bits per heavy atom. The number of rotatable bonds is 10. The van der Waals surface area contributed by atoms with Crippen LogP contribution >= 0.6 is 0 Å². The first-order valence-electron chi connectivity index (χ1n) is 7.84. The Hall–Kier alpha value is 0.0969. The molecule has 0 N–H and O–H groups in total. The van der Waals surface area contributed by atoms with Crippen LogP contribution in [0.15, 0.2) is 0 Å². The van der Waals surface area contributed by atoms with Crippen LogP contribution < -0.4 is 0 Å².